The molecule has 1 heterocycles. The van der Waals surface area contributed by atoms with Crippen molar-refractivity contribution in [3.63, 3.8) is 0 Å². The van der Waals surface area contributed by atoms with Crippen LogP contribution < -0.4 is 5.48 Å². The number of thiophene rings is 1. The van der Waals surface area contributed by atoms with E-state index < -0.39 is 40.3 Å². The Morgan fingerprint density at radius 3 is 2.21 bits per heavy atom. The van der Waals surface area contributed by atoms with Gasteiger partial charge in [0.25, 0.3) is 5.91 Å². The van der Waals surface area contributed by atoms with Crippen LogP contribution in [0.1, 0.15) is 16.0 Å². The summed E-state index contributed by atoms with van der Waals surface area (Å²) in [4.78, 5) is 12.9. The number of benzene rings is 2. The van der Waals surface area contributed by atoms with Gasteiger partial charge in [-0.15, -0.1) is 11.3 Å². The fourth-order valence-electron chi connectivity index (χ4n) is 3.11. The molecule has 2 aromatic carbocycles. The van der Waals surface area contributed by atoms with Crippen molar-refractivity contribution in [3.8, 4) is 5.75 Å². The number of hydroxylamine groups is 1. The van der Waals surface area contributed by atoms with Gasteiger partial charge in [0.05, 0.1) is 10.5 Å². The molecule has 0 saturated heterocycles. The first-order chi connectivity index (χ1) is 15.5. The molecule has 0 aliphatic heterocycles. The summed E-state index contributed by atoms with van der Waals surface area (Å²) in [7, 11) is -4.38. The first kappa shape index (κ1) is 24.7. The first-order valence-electron chi connectivity index (χ1n) is 9.45. The molecule has 0 unspecified atom stereocenters. The molecule has 0 saturated carbocycles. The Hall–Kier alpha value is -2.93. The number of rotatable bonds is 8. The Morgan fingerprint density at radius 2 is 1.70 bits per heavy atom. The minimum atomic E-state index is -4.56. The lowest BCUT2D eigenvalue weighted by molar-refractivity contribution is -0.137. The maximum Gasteiger partial charge on any atom is 0.416 e. The van der Waals surface area contributed by atoms with Gasteiger partial charge >= 0.3 is 6.18 Å². The van der Waals surface area contributed by atoms with Crippen LogP contribution >= 0.6 is 11.3 Å². The lowest BCUT2D eigenvalue weighted by Crippen LogP contribution is -2.49. The Balaban J connectivity index is 2.06. The van der Waals surface area contributed by atoms with Crippen LogP contribution in [0.4, 0.5) is 13.2 Å². The molecule has 0 fully saturated rings. The number of phenols is 1. The molecule has 33 heavy (non-hydrogen) atoms. The summed E-state index contributed by atoms with van der Waals surface area (Å²) < 4.78 is 66.5. The second-order valence-electron chi connectivity index (χ2n) is 7.01. The van der Waals surface area contributed by atoms with Gasteiger partial charge < -0.3 is 5.11 Å². The number of phenolic OH excluding ortho intramolecular Hbond substituents is 1. The van der Waals surface area contributed by atoms with Crippen LogP contribution in [-0.4, -0.2) is 35.0 Å². The van der Waals surface area contributed by atoms with E-state index in [2.05, 4.69) is 0 Å². The van der Waals surface area contributed by atoms with Crippen LogP contribution in [0.2, 0.25) is 0 Å². The number of carbonyl (C=O) groups is 1. The number of hydrogen-bond acceptors (Lipinski definition) is 6. The summed E-state index contributed by atoms with van der Waals surface area (Å²) in [6, 6.07) is 10.5. The Morgan fingerprint density at radius 1 is 1.06 bits per heavy atom. The van der Waals surface area contributed by atoms with Crippen LogP contribution in [-0.2, 0) is 34.0 Å². The number of nitrogens with one attached hydrogen (secondary N) is 1. The number of amides is 1. The maximum atomic E-state index is 13.5. The van der Waals surface area contributed by atoms with E-state index in [1.165, 1.54) is 16.8 Å². The third kappa shape index (κ3) is 5.90. The molecule has 1 amide bonds. The molecule has 0 radical (unpaired) electrons. The zero-order chi connectivity index (χ0) is 24.2. The summed E-state index contributed by atoms with van der Waals surface area (Å²) in [5.41, 5.74) is 0.777. The molecular weight excluding hydrogens is 481 g/mol. The second-order valence-corrected chi connectivity index (χ2v) is 9.94. The quantitative estimate of drug-likeness (QED) is 0.322. The van der Waals surface area contributed by atoms with Gasteiger partial charge in [-0.2, -0.15) is 17.5 Å². The van der Waals surface area contributed by atoms with Gasteiger partial charge in [0.2, 0.25) is 10.0 Å². The van der Waals surface area contributed by atoms with Crippen molar-refractivity contribution in [1.29, 1.82) is 0 Å². The molecule has 12 heteroatoms. The summed E-state index contributed by atoms with van der Waals surface area (Å²) >= 11 is 1.27. The molecule has 1 atom stereocenters. The molecular formula is C21H19F3N2O5S2. The zero-order valence-corrected chi connectivity index (χ0v) is 18.5. The predicted molar refractivity (Wildman–Crippen MR) is 114 cm³/mol. The van der Waals surface area contributed by atoms with Crippen molar-refractivity contribution >= 4 is 27.3 Å². The van der Waals surface area contributed by atoms with E-state index in [0.29, 0.717) is 4.88 Å². The van der Waals surface area contributed by atoms with Gasteiger partial charge in [0.15, 0.2) is 0 Å². The van der Waals surface area contributed by atoms with E-state index in [1.54, 1.807) is 17.5 Å². The minimum absolute atomic E-state index is 0.0813. The van der Waals surface area contributed by atoms with Crippen molar-refractivity contribution < 1.29 is 36.7 Å². The van der Waals surface area contributed by atoms with Crippen molar-refractivity contribution in [1.82, 2.24) is 9.79 Å². The van der Waals surface area contributed by atoms with Gasteiger partial charge in [0, 0.05) is 17.8 Å². The van der Waals surface area contributed by atoms with Gasteiger partial charge in [-0.25, -0.2) is 13.9 Å². The molecule has 3 N–H and O–H groups in total. The number of halogens is 3. The number of sulfonamides is 1. The lowest BCUT2D eigenvalue weighted by Gasteiger charge is -2.29. The largest absolute Gasteiger partial charge is 0.508 e. The highest BCUT2D eigenvalue weighted by molar-refractivity contribution is 7.89. The fraction of sp³-hybridized carbons (Fsp3) is 0.190. The molecule has 0 bridgehead atoms. The van der Waals surface area contributed by atoms with Crippen molar-refractivity contribution in [2.24, 2.45) is 0 Å². The molecule has 3 rings (SSSR count). The minimum Gasteiger partial charge on any atom is -0.508 e. The number of aromatic hydroxyl groups is 1. The maximum absolute atomic E-state index is 13.5. The molecule has 3 aromatic rings. The summed E-state index contributed by atoms with van der Waals surface area (Å²) in [5.74, 6) is -1.18. The van der Waals surface area contributed by atoms with Gasteiger partial charge in [-0.05, 0) is 53.4 Å². The third-order valence-electron chi connectivity index (χ3n) is 4.80. The fourth-order valence-corrected chi connectivity index (χ4v) is 5.43. The second kappa shape index (κ2) is 9.91. The van der Waals surface area contributed by atoms with Crippen LogP contribution in [0.3, 0.4) is 0 Å². The van der Waals surface area contributed by atoms with Crippen LogP contribution in [0.25, 0.3) is 0 Å². The summed E-state index contributed by atoms with van der Waals surface area (Å²) in [6.07, 6.45) is -4.64. The first-order valence-corrected chi connectivity index (χ1v) is 11.8. The molecule has 176 valence electrons. The van der Waals surface area contributed by atoms with Crippen molar-refractivity contribution in [2.45, 2.75) is 30.1 Å². The average Bonchev–Trinajstić information content (AvgIpc) is 3.29. The number of alkyl halides is 3. The highest BCUT2D eigenvalue weighted by atomic mass is 32.2. The topological polar surface area (TPSA) is 107 Å². The smallest absolute Gasteiger partial charge is 0.416 e. The third-order valence-corrected chi connectivity index (χ3v) is 7.57. The van der Waals surface area contributed by atoms with Gasteiger partial charge in [-0.1, -0.05) is 18.2 Å². The Kier molecular flexibility index (Phi) is 7.42. The van der Waals surface area contributed by atoms with E-state index in [0.717, 1.165) is 52.8 Å². The number of nitrogens with zero attached hydrogens (tertiary/aromatic N) is 1. The standard InChI is InChI=1S/C21H19F3N2O5S2/c22-21(23,24)15-5-3-14(4-6-15)13-26(33(30,31)18-9-7-16(27)8-10-18)19(20(28)25-29)12-17-2-1-11-32-17/h1-11,19,27,29H,12-13H2,(H,25,28)/t19-/m1/s1. The SMILES string of the molecule is O=C(NO)[C@@H](Cc1cccs1)N(Cc1ccc(C(F)(F)F)cc1)S(=O)(=O)c1ccc(O)cc1. The van der Waals surface area contributed by atoms with Crippen molar-refractivity contribution in [3.05, 3.63) is 82.0 Å². The molecule has 0 aliphatic rings. The van der Waals surface area contributed by atoms with Crippen molar-refractivity contribution in [2.75, 3.05) is 0 Å². The Bertz CT molecular complexity index is 1180. The summed E-state index contributed by atoms with van der Waals surface area (Å²) in [6.45, 7) is -0.440. The highest BCUT2D eigenvalue weighted by Gasteiger charge is 2.37. The van der Waals surface area contributed by atoms with E-state index in [9.17, 15) is 36.7 Å². The zero-order valence-electron chi connectivity index (χ0n) is 16.9. The Labute approximate surface area is 191 Å². The van der Waals surface area contributed by atoms with Gasteiger partial charge in [0.1, 0.15) is 11.8 Å². The predicted octanol–water partition coefficient (Wildman–Crippen LogP) is 3.78. The van der Waals surface area contributed by atoms with Crippen LogP contribution in [0, 0.1) is 0 Å². The molecule has 1 aromatic heterocycles. The van der Waals surface area contributed by atoms with E-state index in [4.69, 9.17) is 0 Å². The van der Waals surface area contributed by atoms with Crippen LogP contribution in [0.15, 0.2) is 70.9 Å². The molecule has 0 aliphatic carbocycles. The number of carbonyl (C=O) groups excluding carboxylic acids is 1. The summed E-state index contributed by atoms with van der Waals surface area (Å²) in [5, 5.41) is 20.5. The highest BCUT2D eigenvalue weighted by Crippen LogP contribution is 2.30. The number of hydrogen-bond donors (Lipinski definition) is 3. The molecule has 7 nitrogen and oxygen atoms in total. The average molecular weight is 501 g/mol. The lowest BCUT2D eigenvalue weighted by atomic mass is 10.1. The normalized spacial score (nSPS) is 13.1. The van der Waals surface area contributed by atoms with E-state index in [1.807, 2.05) is 0 Å². The van der Waals surface area contributed by atoms with Gasteiger partial charge in [-0.3, -0.25) is 10.0 Å². The molecule has 0 spiro atoms. The van der Waals surface area contributed by atoms with E-state index in [-0.39, 0.29) is 22.6 Å². The van der Waals surface area contributed by atoms with Crippen LogP contribution in [0.5, 0.6) is 5.75 Å². The monoisotopic (exact) mass is 500 g/mol. The van der Waals surface area contributed by atoms with E-state index >= 15 is 0 Å².